The van der Waals surface area contributed by atoms with Crippen molar-refractivity contribution in [2.45, 2.75) is 26.3 Å². The first-order valence-electron chi connectivity index (χ1n) is 7.06. The fourth-order valence-corrected chi connectivity index (χ4v) is 1.85. The highest BCUT2D eigenvalue weighted by molar-refractivity contribution is 5.87. The highest BCUT2D eigenvalue weighted by Crippen LogP contribution is 2.21. The molecule has 0 bridgehead atoms. The van der Waals surface area contributed by atoms with Gasteiger partial charge in [-0.25, -0.2) is 14.8 Å². The average Bonchev–Trinajstić information content (AvgIpc) is 2.54. The van der Waals surface area contributed by atoms with Crippen LogP contribution in [0, 0.1) is 0 Å². The van der Waals surface area contributed by atoms with Gasteiger partial charge in [0.25, 0.3) is 0 Å². The Bertz CT molecular complexity index is 656. The zero-order chi connectivity index (χ0) is 16.1. The molecule has 1 atom stereocenters. The number of nitrogens with one attached hydrogen (secondary N) is 1. The second-order valence-corrected chi connectivity index (χ2v) is 4.95. The number of hydrogen-bond donors (Lipinski definition) is 2. The standard InChI is InChI=1S/C16H19N3O3/c1-4-10(2)17-14-9-13(16(20)21)18-15(19-14)11-5-7-12(22-3)8-6-11/h5-10H,4H2,1-3H3,(H,20,21)(H,17,18,19). The van der Waals surface area contributed by atoms with E-state index in [0.29, 0.717) is 11.6 Å². The number of nitrogens with zero attached hydrogens (tertiary/aromatic N) is 2. The summed E-state index contributed by atoms with van der Waals surface area (Å²) >= 11 is 0. The molecule has 2 rings (SSSR count). The van der Waals surface area contributed by atoms with Crippen LogP contribution in [0.15, 0.2) is 30.3 Å². The van der Waals surface area contributed by atoms with Crippen LogP contribution in [0.2, 0.25) is 0 Å². The fourth-order valence-electron chi connectivity index (χ4n) is 1.85. The molecule has 0 aliphatic rings. The number of aromatic carboxylic acids is 1. The van der Waals surface area contributed by atoms with E-state index >= 15 is 0 Å². The number of methoxy groups -OCH3 is 1. The summed E-state index contributed by atoms with van der Waals surface area (Å²) in [6, 6.07) is 8.81. The van der Waals surface area contributed by atoms with Gasteiger partial charge in [-0.15, -0.1) is 0 Å². The van der Waals surface area contributed by atoms with Crippen molar-refractivity contribution in [3.05, 3.63) is 36.0 Å². The van der Waals surface area contributed by atoms with Crippen molar-refractivity contribution in [2.75, 3.05) is 12.4 Å². The molecule has 0 aliphatic heterocycles. The lowest BCUT2D eigenvalue weighted by atomic mass is 10.2. The van der Waals surface area contributed by atoms with Gasteiger partial charge in [0.15, 0.2) is 11.5 Å². The van der Waals surface area contributed by atoms with Crippen LogP contribution in [0.5, 0.6) is 5.75 Å². The third-order valence-corrected chi connectivity index (χ3v) is 3.30. The Balaban J connectivity index is 2.42. The van der Waals surface area contributed by atoms with Gasteiger partial charge in [-0.1, -0.05) is 6.92 Å². The van der Waals surface area contributed by atoms with Crippen LogP contribution >= 0.6 is 0 Å². The van der Waals surface area contributed by atoms with E-state index in [4.69, 9.17) is 4.74 Å². The van der Waals surface area contributed by atoms with E-state index in [1.54, 1.807) is 31.4 Å². The first-order valence-corrected chi connectivity index (χ1v) is 7.06. The van der Waals surface area contributed by atoms with Crippen LogP contribution in [0.3, 0.4) is 0 Å². The Morgan fingerprint density at radius 1 is 1.32 bits per heavy atom. The van der Waals surface area contributed by atoms with Crippen LogP contribution in [0.25, 0.3) is 11.4 Å². The number of hydrogen-bond acceptors (Lipinski definition) is 5. The first-order chi connectivity index (χ1) is 10.5. The van der Waals surface area contributed by atoms with Gasteiger partial charge in [0.2, 0.25) is 0 Å². The van der Waals surface area contributed by atoms with Crippen molar-refractivity contribution in [3.63, 3.8) is 0 Å². The van der Waals surface area contributed by atoms with E-state index in [1.165, 1.54) is 6.07 Å². The summed E-state index contributed by atoms with van der Waals surface area (Å²) in [5, 5.41) is 12.4. The highest BCUT2D eigenvalue weighted by atomic mass is 16.5. The molecule has 1 aromatic carbocycles. The molecule has 2 aromatic rings. The summed E-state index contributed by atoms with van der Waals surface area (Å²) in [7, 11) is 1.59. The Labute approximate surface area is 129 Å². The summed E-state index contributed by atoms with van der Waals surface area (Å²) in [4.78, 5) is 19.8. The quantitative estimate of drug-likeness (QED) is 0.853. The van der Waals surface area contributed by atoms with E-state index in [-0.39, 0.29) is 11.7 Å². The van der Waals surface area contributed by atoms with Gasteiger partial charge >= 0.3 is 5.97 Å². The zero-order valence-electron chi connectivity index (χ0n) is 12.8. The largest absolute Gasteiger partial charge is 0.497 e. The number of rotatable bonds is 6. The number of carboxylic acid groups (broad SMARTS) is 1. The van der Waals surface area contributed by atoms with E-state index in [0.717, 1.165) is 17.7 Å². The molecule has 2 N–H and O–H groups in total. The maximum Gasteiger partial charge on any atom is 0.354 e. The minimum Gasteiger partial charge on any atom is -0.497 e. The van der Waals surface area contributed by atoms with Crippen molar-refractivity contribution in [1.82, 2.24) is 9.97 Å². The predicted octanol–water partition coefficient (Wildman–Crippen LogP) is 3.06. The third kappa shape index (κ3) is 3.72. The summed E-state index contributed by atoms with van der Waals surface area (Å²) in [5.74, 6) is 0.515. The monoisotopic (exact) mass is 301 g/mol. The molecule has 0 fully saturated rings. The highest BCUT2D eigenvalue weighted by Gasteiger charge is 2.13. The predicted molar refractivity (Wildman–Crippen MR) is 84.4 cm³/mol. The SMILES string of the molecule is CCC(C)Nc1cc(C(=O)O)nc(-c2ccc(OC)cc2)n1. The fraction of sp³-hybridized carbons (Fsp3) is 0.312. The van der Waals surface area contributed by atoms with Gasteiger partial charge in [0, 0.05) is 17.7 Å². The molecule has 1 unspecified atom stereocenters. The summed E-state index contributed by atoms with van der Waals surface area (Å²) in [6.45, 7) is 4.05. The van der Waals surface area contributed by atoms with Crippen LogP contribution < -0.4 is 10.1 Å². The molecule has 1 aromatic heterocycles. The maximum absolute atomic E-state index is 11.3. The van der Waals surface area contributed by atoms with E-state index < -0.39 is 5.97 Å². The molecule has 1 heterocycles. The van der Waals surface area contributed by atoms with E-state index in [2.05, 4.69) is 15.3 Å². The molecule has 6 heteroatoms. The lowest BCUT2D eigenvalue weighted by molar-refractivity contribution is 0.0690. The average molecular weight is 301 g/mol. The van der Waals surface area contributed by atoms with Crippen LogP contribution in [-0.2, 0) is 0 Å². The molecule has 0 aliphatic carbocycles. The summed E-state index contributed by atoms with van der Waals surface area (Å²) < 4.78 is 5.11. The number of ether oxygens (including phenoxy) is 1. The van der Waals surface area contributed by atoms with Crippen molar-refractivity contribution < 1.29 is 14.6 Å². The Morgan fingerprint density at radius 3 is 2.55 bits per heavy atom. The van der Waals surface area contributed by atoms with Gasteiger partial charge in [0.05, 0.1) is 7.11 Å². The molecule has 116 valence electrons. The minimum absolute atomic E-state index is 0.0355. The molecular weight excluding hydrogens is 282 g/mol. The minimum atomic E-state index is -1.08. The van der Waals surface area contributed by atoms with Gasteiger partial charge in [0.1, 0.15) is 11.6 Å². The molecule has 0 spiro atoms. The number of carbonyl (C=O) groups is 1. The number of aromatic nitrogens is 2. The van der Waals surface area contributed by atoms with Crippen LogP contribution in [0.4, 0.5) is 5.82 Å². The number of carboxylic acids is 1. The molecule has 0 radical (unpaired) electrons. The first kappa shape index (κ1) is 15.8. The lowest BCUT2D eigenvalue weighted by Gasteiger charge is -2.13. The summed E-state index contributed by atoms with van der Waals surface area (Å²) in [6.07, 6.45) is 0.907. The lowest BCUT2D eigenvalue weighted by Crippen LogP contribution is -2.16. The third-order valence-electron chi connectivity index (χ3n) is 3.30. The molecule has 6 nitrogen and oxygen atoms in total. The number of benzene rings is 1. The van der Waals surface area contributed by atoms with Crippen LogP contribution in [-0.4, -0.2) is 34.2 Å². The maximum atomic E-state index is 11.3. The van der Waals surface area contributed by atoms with Crippen molar-refractivity contribution in [3.8, 4) is 17.1 Å². The normalized spacial score (nSPS) is 11.8. The van der Waals surface area contributed by atoms with E-state index in [9.17, 15) is 9.90 Å². The van der Waals surface area contributed by atoms with Crippen LogP contribution in [0.1, 0.15) is 30.8 Å². The van der Waals surface area contributed by atoms with Crippen molar-refractivity contribution >= 4 is 11.8 Å². The second-order valence-electron chi connectivity index (χ2n) is 4.95. The number of anilines is 1. The smallest absolute Gasteiger partial charge is 0.354 e. The second kappa shape index (κ2) is 6.89. The molecule has 0 amide bonds. The van der Waals surface area contributed by atoms with Gasteiger partial charge in [-0.3, -0.25) is 0 Å². The van der Waals surface area contributed by atoms with E-state index in [1.807, 2.05) is 13.8 Å². The topological polar surface area (TPSA) is 84.3 Å². The Hall–Kier alpha value is -2.63. The molecule has 0 saturated carbocycles. The van der Waals surface area contributed by atoms with Gasteiger partial charge < -0.3 is 15.2 Å². The zero-order valence-corrected chi connectivity index (χ0v) is 12.8. The van der Waals surface area contributed by atoms with Crippen molar-refractivity contribution in [1.29, 1.82) is 0 Å². The Morgan fingerprint density at radius 2 is 2.00 bits per heavy atom. The molecule has 22 heavy (non-hydrogen) atoms. The van der Waals surface area contributed by atoms with Crippen molar-refractivity contribution in [2.24, 2.45) is 0 Å². The summed E-state index contributed by atoms with van der Waals surface area (Å²) in [5.41, 5.74) is 0.697. The molecular formula is C16H19N3O3. The van der Waals surface area contributed by atoms with Gasteiger partial charge in [-0.05, 0) is 37.6 Å². The Kier molecular flexibility index (Phi) is 4.93. The van der Waals surface area contributed by atoms with Gasteiger partial charge in [-0.2, -0.15) is 0 Å². The molecule has 0 saturated heterocycles.